The smallest absolute Gasteiger partial charge is 0.375 e. The van der Waals surface area contributed by atoms with E-state index in [0.29, 0.717) is 6.04 Å². The van der Waals surface area contributed by atoms with Crippen LogP contribution in [-0.4, -0.2) is 25.6 Å². The van der Waals surface area contributed by atoms with Crippen molar-refractivity contribution in [1.29, 1.82) is 0 Å². The predicted molar refractivity (Wildman–Crippen MR) is 87.2 cm³/mol. The van der Waals surface area contributed by atoms with E-state index in [1.807, 2.05) is 18.2 Å². The average Bonchev–Trinajstić information content (AvgIpc) is 3.08. The van der Waals surface area contributed by atoms with Gasteiger partial charge in [0.15, 0.2) is 5.60 Å². The van der Waals surface area contributed by atoms with E-state index >= 15 is 0 Å². The Morgan fingerprint density at radius 1 is 1.22 bits per heavy atom. The zero-order chi connectivity index (χ0) is 16.4. The number of hydrogen-bond acceptors (Lipinski definition) is 3. The first-order valence-electron chi connectivity index (χ1n) is 8.17. The van der Waals surface area contributed by atoms with Gasteiger partial charge in [-0.15, -0.1) is 0 Å². The Hall–Kier alpha value is -2.07. The molecule has 0 amide bonds. The number of furan rings is 1. The van der Waals surface area contributed by atoms with Crippen molar-refractivity contribution in [3.8, 4) is 0 Å². The monoisotopic (exact) mass is 314 g/mol. The molecule has 0 aliphatic carbocycles. The highest BCUT2D eigenvalue weighted by molar-refractivity contribution is 5.86. The highest BCUT2D eigenvalue weighted by atomic mass is 16.6. The maximum atomic E-state index is 12.6. The Balaban J connectivity index is 1.98. The summed E-state index contributed by atoms with van der Waals surface area (Å²) in [5, 5.41) is 0. The lowest BCUT2D eigenvalue weighted by atomic mass is 9.74. The largest absolute Gasteiger partial charge is 0.457 e. The first kappa shape index (κ1) is 15.8. The first-order chi connectivity index (χ1) is 11.0. The van der Waals surface area contributed by atoms with Crippen LogP contribution in [0.25, 0.3) is 0 Å². The minimum Gasteiger partial charge on any atom is -0.457 e. The van der Waals surface area contributed by atoms with E-state index < -0.39 is 11.6 Å². The minimum atomic E-state index is -0.607. The summed E-state index contributed by atoms with van der Waals surface area (Å²) in [6.45, 7) is 5.33. The molecule has 1 saturated heterocycles. The molecule has 1 aromatic heterocycles. The van der Waals surface area contributed by atoms with Crippen LogP contribution in [0.3, 0.4) is 0 Å². The van der Waals surface area contributed by atoms with Gasteiger partial charge in [0.1, 0.15) is 0 Å². The maximum absolute atomic E-state index is 12.6. The lowest BCUT2D eigenvalue weighted by Crippen LogP contribution is -3.15. The zero-order valence-corrected chi connectivity index (χ0v) is 13.9. The number of carbonyl (C=O) groups is 1. The number of likely N-dealkylation sites (tertiary alicyclic amines) is 1. The molecule has 4 nitrogen and oxygen atoms in total. The molecule has 0 bridgehead atoms. The van der Waals surface area contributed by atoms with Crippen LogP contribution in [0.2, 0.25) is 0 Å². The molecule has 23 heavy (non-hydrogen) atoms. The van der Waals surface area contributed by atoms with E-state index in [0.717, 1.165) is 18.5 Å². The van der Waals surface area contributed by atoms with Crippen molar-refractivity contribution in [2.24, 2.45) is 5.92 Å². The molecule has 2 heterocycles. The van der Waals surface area contributed by atoms with Gasteiger partial charge in [-0.2, -0.15) is 0 Å². The van der Waals surface area contributed by atoms with Crippen LogP contribution in [0.15, 0.2) is 53.1 Å². The van der Waals surface area contributed by atoms with Gasteiger partial charge >= 0.3 is 5.97 Å². The Morgan fingerprint density at radius 3 is 2.61 bits per heavy atom. The molecule has 0 spiro atoms. The number of esters is 1. The Kier molecular flexibility index (Phi) is 4.26. The molecule has 122 valence electrons. The number of benzene rings is 1. The molecule has 3 rings (SSSR count). The number of ether oxygens (including phenoxy) is 1. The van der Waals surface area contributed by atoms with Crippen molar-refractivity contribution >= 4 is 5.97 Å². The number of piperidine rings is 1. The first-order valence-corrected chi connectivity index (χ1v) is 8.17. The van der Waals surface area contributed by atoms with Gasteiger partial charge in [-0.05, 0) is 24.6 Å². The quantitative estimate of drug-likeness (QED) is 0.884. The van der Waals surface area contributed by atoms with Gasteiger partial charge in [-0.25, -0.2) is 4.79 Å². The molecule has 2 aromatic rings. The van der Waals surface area contributed by atoms with E-state index in [1.165, 1.54) is 11.2 Å². The Bertz CT molecular complexity index is 653. The van der Waals surface area contributed by atoms with Crippen LogP contribution in [-0.2, 0) is 10.3 Å². The number of quaternary nitrogens is 1. The molecular weight excluding hydrogens is 290 g/mol. The summed E-state index contributed by atoms with van der Waals surface area (Å²) in [6, 6.07) is 13.9. The second-order valence-electron chi connectivity index (χ2n) is 6.68. The number of hydrogen-bond donors (Lipinski definition) is 1. The number of rotatable bonds is 3. The molecule has 4 heteroatoms. The van der Waals surface area contributed by atoms with Crippen molar-refractivity contribution in [3.63, 3.8) is 0 Å². The highest BCUT2D eigenvalue weighted by Crippen LogP contribution is 2.40. The molecule has 1 aromatic carbocycles. The second-order valence-corrected chi connectivity index (χ2v) is 6.68. The van der Waals surface area contributed by atoms with E-state index in [4.69, 9.17) is 9.15 Å². The highest BCUT2D eigenvalue weighted by Gasteiger charge is 2.49. The predicted octanol–water partition coefficient (Wildman–Crippen LogP) is 2.27. The molecule has 0 saturated carbocycles. The fraction of sp³-hybridized carbons (Fsp3) is 0.421. The Morgan fingerprint density at radius 2 is 1.96 bits per heavy atom. The van der Waals surface area contributed by atoms with Crippen LogP contribution in [0.1, 0.15) is 36.4 Å². The average molecular weight is 314 g/mol. The summed E-state index contributed by atoms with van der Waals surface area (Å²) < 4.78 is 11.3. The van der Waals surface area contributed by atoms with Crippen LogP contribution < -0.4 is 4.90 Å². The summed E-state index contributed by atoms with van der Waals surface area (Å²) in [7, 11) is 2.20. The van der Waals surface area contributed by atoms with Gasteiger partial charge in [0, 0.05) is 12.3 Å². The second kappa shape index (κ2) is 6.20. The zero-order valence-electron chi connectivity index (χ0n) is 13.9. The van der Waals surface area contributed by atoms with Crippen molar-refractivity contribution in [2.45, 2.75) is 31.9 Å². The topological polar surface area (TPSA) is 43.9 Å². The molecule has 4 atom stereocenters. The number of carbonyl (C=O) groups excluding carboxylic acids is 1. The number of nitrogens with one attached hydrogen (secondary N) is 1. The lowest BCUT2D eigenvalue weighted by Gasteiger charge is -2.46. The van der Waals surface area contributed by atoms with Gasteiger partial charge < -0.3 is 14.1 Å². The molecule has 1 fully saturated rings. The van der Waals surface area contributed by atoms with Crippen molar-refractivity contribution in [3.05, 3.63) is 60.1 Å². The standard InChI is InChI=1S/C19H23NO3/c1-14-13-20(3)15(2)12-19(14,16-8-5-4-6-9-16)23-18(21)17-10-7-11-22-17/h4-11,14-15H,12-13H2,1-3H3/p+1/t14-,15+,19+/m1/s1. The third-order valence-electron chi connectivity index (χ3n) is 5.13. The fourth-order valence-electron chi connectivity index (χ4n) is 3.61. The molecule has 1 aliphatic heterocycles. The summed E-state index contributed by atoms with van der Waals surface area (Å²) in [4.78, 5) is 14.0. The van der Waals surface area contributed by atoms with Gasteiger partial charge in [0.05, 0.1) is 25.9 Å². The van der Waals surface area contributed by atoms with Crippen molar-refractivity contribution < 1.29 is 18.8 Å². The van der Waals surface area contributed by atoms with E-state index in [9.17, 15) is 4.79 Å². The normalized spacial score (nSPS) is 30.8. The van der Waals surface area contributed by atoms with Crippen LogP contribution in [0, 0.1) is 5.92 Å². The third kappa shape index (κ3) is 2.91. The lowest BCUT2D eigenvalue weighted by molar-refractivity contribution is -0.916. The summed E-state index contributed by atoms with van der Waals surface area (Å²) in [5.74, 6) is 0.0869. The van der Waals surface area contributed by atoms with E-state index in [1.54, 1.807) is 12.1 Å². The van der Waals surface area contributed by atoms with Gasteiger partial charge in [-0.1, -0.05) is 37.3 Å². The van der Waals surface area contributed by atoms with Crippen molar-refractivity contribution in [2.75, 3.05) is 13.6 Å². The summed E-state index contributed by atoms with van der Waals surface area (Å²) >= 11 is 0. The molecule has 1 unspecified atom stereocenters. The fourth-order valence-corrected chi connectivity index (χ4v) is 3.61. The molecule has 1 N–H and O–H groups in total. The van der Waals surface area contributed by atoms with Crippen LogP contribution >= 0.6 is 0 Å². The van der Waals surface area contributed by atoms with Gasteiger partial charge in [0.25, 0.3) is 0 Å². The summed E-state index contributed by atoms with van der Waals surface area (Å²) in [5.41, 5.74) is 0.455. The van der Waals surface area contributed by atoms with E-state index in [-0.39, 0.29) is 11.7 Å². The maximum Gasteiger partial charge on any atom is 0.375 e. The van der Waals surface area contributed by atoms with Crippen LogP contribution in [0.4, 0.5) is 0 Å². The molecule has 1 aliphatic rings. The van der Waals surface area contributed by atoms with Gasteiger partial charge in [0.2, 0.25) is 5.76 Å². The Labute approximate surface area is 137 Å². The van der Waals surface area contributed by atoms with Crippen LogP contribution in [0.5, 0.6) is 0 Å². The van der Waals surface area contributed by atoms with Crippen molar-refractivity contribution in [1.82, 2.24) is 0 Å². The summed E-state index contributed by atoms with van der Waals surface area (Å²) in [6.07, 6.45) is 2.30. The minimum absolute atomic E-state index is 0.222. The van der Waals surface area contributed by atoms with Gasteiger partial charge in [-0.3, -0.25) is 0 Å². The SMILES string of the molecule is C[C@@H]1C[NH+](C)[C@@H](C)C[C@@]1(OC(=O)c1ccco1)c1ccccc1. The molecule has 0 radical (unpaired) electrons. The third-order valence-corrected chi connectivity index (χ3v) is 5.13. The van der Waals surface area contributed by atoms with E-state index in [2.05, 4.69) is 33.0 Å². The molecular formula is C19H24NO3+.